The van der Waals surface area contributed by atoms with Crippen LogP contribution in [0.25, 0.3) is 0 Å². The SMILES string of the molecule is CCCc1ccc([C@@H]([NH2+]CC(=O)N(C)CC(=O)NC)C(C)C)cc1. The van der Waals surface area contributed by atoms with Crippen molar-refractivity contribution < 1.29 is 14.9 Å². The van der Waals surface area contributed by atoms with Gasteiger partial charge in [-0.2, -0.15) is 0 Å². The Morgan fingerprint density at radius 2 is 1.83 bits per heavy atom. The molecule has 0 aromatic heterocycles. The molecule has 5 heteroatoms. The third-order valence-corrected chi connectivity index (χ3v) is 4.25. The van der Waals surface area contributed by atoms with Crippen molar-refractivity contribution in [2.24, 2.45) is 5.92 Å². The molecule has 0 aliphatic rings. The molecule has 0 radical (unpaired) electrons. The number of nitrogens with one attached hydrogen (secondary N) is 1. The van der Waals surface area contributed by atoms with Crippen LogP contribution >= 0.6 is 0 Å². The summed E-state index contributed by atoms with van der Waals surface area (Å²) in [6, 6.07) is 8.94. The van der Waals surface area contributed by atoms with E-state index < -0.39 is 0 Å². The van der Waals surface area contributed by atoms with Crippen molar-refractivity contribution in [2.75, 3.05) is 27.2 Å². The Kier molecular flexibility index (Phi) is 8.47. The molecule has 0 heterocycles. The lowest BCUT2D eigenvalue weighted by Crippen LogP contribution is -2.88. The first-order valence-electron chi connectivity index (χ1n) is 8.75. The lowest BCUT2D eigenvalue weighted by Gasteiger charge is -2.21. The Morgan fingerprint density at radius 1 is 1.21 bits per heavy atom. The largest absolute Gasteiger partial charge is 0.358 e. The molecule has 0 fully saturated rings. The number of hydrogen-bond donors (Lipinski definition) is 2. The van der Waals surface area contributed by atoms with Gasteiger partial charge in [-0.15, -0.1) is 0 Å². The highest BCUT2D eigenvalue weighted by Crippen LogP contribution is 2.18. The van der Waals surface area contributed by atoms with Crippen LogP contribution in [0.5, 0.6) is 0 Å². The van der Waals surface area contributed by atoms with Gasteiger partial charge in [0, 0.05) is 25.6 Å². The monoisotopic (exact) mass is 334 g/mol. The average Bonchev–Trinajstić information content (AvgIpc) is 2.56. The second-order valence-electron chi connectivity index (χ2n) is 6.62. The molecule has 0 bridgehead atoms. The summed E-state index contributed by atoms with van der Waals surface area (Å²) in [5.41, 5.74) is 2.59. The minimum absolute atomic E-state index is 0.0353. The molecule has 5 nitrogen and oxygen atoms in total. The minimum Gasteiger partial charge on any atom is -0.358 e. The van der Waals surface area contributed by atoms with Gasteiger partial charge in [0.25, 0.3) is 5.91 Å². The number of nitrogens with two attached hydrogens (primary N) is 1. The second kappa shape index (κ2) is 10.1. The molecule has 3 N–H and O–H groups in total. The van der Waals surface area contributed by atoms with Crippen molar-refractivity contribution in [3.05, 3.63) is 35.4 Å². The first kappa shape index (κ1) is 20.2. The van der Waals surface area contributed by atoms with Crippen LogP contribution in [0.2, 0.25) is 0 Å². The molecule has 1 aromatic carbocycles. The average molecular weight is 334 g/mol. The highest BCUT2D eigenvalue weighted by Gasteiger charge is 2.22. The van der Waals surface area contributed by atoms with Crippen LogP contribution in [-0.2, 0) is 16.0 Å². The van der Waals surface area contributed by atoms with Crippen molar-refractivity contribution in [2.45, 2.75) is 39.7 Å². The number of carbonyl (C=O) groups is 2. The number of rotatable bonds is 9. The zero-order valence-electron chi connectivity index (χ0n) is 15.6. The topological polar surface area (TPSA) is 66.0 Å². The van der Waals surface area contributed by atoms with Gasteiger partial charge in [0.2, 0.25) is 5.91 Å². The van der Waals surface area contributed by atoms with E-state index >= 15 is 0 Å². The lowest BCUT2D eigenvalue weighted by atomic mass is 9.94. The lowest BCUT2D eigenvalue weighted by molar-refractivity contribution is -0.692. The van der Waals surface area contributed by atoms with Gasteiger partial charge < -0.3 is 15.5 Å². The molecule has 1 rings (SSSR count). The molecule has 0 aliphatic heterocycles. The second-order valence-corrected chi connectivity index (χ2v) is 6.62. The van der Waals surface area contributed by atoms with Crippen molar-refractivity contribution in [1.82, 2.24) is 10.2 Å². The van der Waals surface area contributed by atoms with Crippen molar-refractivity contribution in [3.8, 4) is 0 Å². The number of amides is 2. The third kappa shape index (κ3) is 6.32. The summed E-state index contributed by atoms with van der Waals surface area (Å²) < 4.78 is 0. The minimum atomic E-state index is -0.155. The van der Waals surface area contributed by atoms with Gasteiger partial charge in [0.15, 0.2) is 6.54 Å². The summed E-state index contributed by atoms with van der Waals surface area (Å²) in [5.74, 6) is 0.226. The molecule has 0 saturated carbocycles. The van der Waals surface area contributed by atoms with E-state index in [9.17, 15) is 9.59 Å². The molecule has 0 spiro atoms. The fraction of sp³-hybridized carbons (Fsp3) is 0.579. The number of hydrogen-bond acceptors (Lipinski definition) is 2. The van der Waals surface area contributed by atoms with Crippen LogP contribution in [0.15, 0.2) is 24.3 Å². The van der Waals surface area contributed by atoms with Crippen molar-refractivity contribution in [1.29, 1.82) is 0 Å². The van der Waals surface area contributed by atoms with Crippen LogP contribution < -0.4 is 10.6 Å². The predicted octanol–water partition coefficient (Wildman–Crippen LogP) is 1.10. The molecule has 1 atom stereocenters. The highest BCUT2D eigenvalue weighted by atomic mass is 16.2. The number of likely N-dealkylation sites (N-methyl/N-ethyl adjacent to an activating group) is 2. The van der Waals surface area contributed by atoms with Gasteiger partial charge >= 0.3 is 0 Å². The third-order valence-electron chi connectivity index (χ3n) is 4.25. The van der Waals surface area contributed by atoms with Gasteiger partial charge in [0.1, 0.15) is 6.04 Å². The summed E-state index contributed by atoms with van der Waals surface area (Å²) in [7, 11) is 3.24. The summed E-state index contributed by atoms with van der Waals surface area (Å²) in [5, 5.41) is 4.60. The molecular formula is C19H32N3O2+. The van der Waals surface area contributed by atoms with E-state index in [2.05, 4.69) is 55.7 Å². The maximum atomic E-state index is 12.2. The number of aryl methyl sites for hydroxylation is 1. The fourth-order valence-electron chi connectivity index (χ4n) is 2.75. The molecule has 24 heavy (non-hydrogen) atoms. The number of carbonyl (C=O) groups excluding carboxylic acids is 2. The van der Waals surface area contributed by atoms with Crippen molar-refractivity contribution in [3.63, 3.8) is 0 Å². The quantitative estimate of drug-likeness (QED) is 0.710. The van der Waals surface area contributed by atoms with E-state index in [0.29, 0.717) is 12.5 Å². The summed E-state index contributed by atoms with van der Waals surface area (Å²) in [6.45, 7) is 6.95. The molecule has 2 amide bonds. The smallest absolute Gasteiger partial charge is 0.277 e. The molecule has 1 aromatic rings. The van der Waals surface area contributed by atoms with Crippen LogP contribution in [0.1, 0.15) is 44.4 Å². The molecule has 0 saturated heterocycles. The van der Waals surface area contributed by atoms with E-state index in [0.717, 1.165) is 12.8 Å². The predicted molar refractivity (Wildman–Crippen MR) is 96.5 cm³/mol. The normalized spacial score (nSPS) is 12.1. The number of nitrogens with zero attached hydrogens (tertiary/aromatic N) is 1. The zero-order chi connectivity index (χ0) is 18.1. The Morgan fingerprint density at radius 3 is 2.33 bits per heavy atom. The Balaban J connectivity index is 2.66. The zero-order valence-corrected chi connectivity index (χ0v) is 15.6. The van der Waals surface area contributed by atoms with Gasteiger partial charge in [-0.3, -0.25) is 9.59 Å². The Labute approximate surface area is 145 Å². The molecule has 134 valence electrons. The van der Waals surface area contributed by atoms with Gasteiger partial charge in [0.05, 0.1) is 6.54 Å². The van der Waals surface area contributed by atoms with Crippen LogP contribution in [-0.4, -0.2) is 43.9 Å². The van der Waals surface area contributed by atoms with Crippen molar-refractivity contribution >= 4 is 11.8 Å². The van der Waals surface area contributed by atoms with Crippen LogP contribution in [0.3, 0.4) is 0 Å². The van der Waals surface area contributed by atoms with E-state index in [-0.39, 0.29) is 24.4 Å². The van der Waals surface area contributed by atoms with E-state index in [4.69, 9.17) is 0 Å². The van der Waals surface area contributed by atoms with Crippen LogP contribution in [0.4, 0.5) is 0 Å². The van der Waals surface area contributed by atoms with Gasteiger partial charge in [-0.1, -0.05) is 51.5 Å². The van der Waals surface area contributed by atoms with Gasteiger partial charge in [-0.25, -0.2) is 0 Å². The van der Waals surface area contributed by atoms with E-state index in [1.807, 2.05) is 0 Å². The summed E-state index contributed by atoms with van der Waals surface area (Å²) >= 11 is 0. The maximum Gasteiger partial charge on any atom is 0.277 e. The summed E-state index contributed by atoms with van der Waals surface area (Å²) in [4.78, 5) is 25.0. The Hall–Kier alpha value is -1.88. The first-order chi connectivity index (χ1) is 11.4. The summed E-state index contributed by atoms with van der Waals surface area (Å²) in [6.07, 6.45) is 2.24. The number of benzene rings is 1. The first-order valence-corrected chi connectivity index (χ1v) is 8.75. The van der Waals surface area contributed by atoms with E-state index in [1.165, 1.54) is 16.0 Å². The Bertz CT molecular complexity index is 526. The van der Waals surface area contributed by atoms with Crippen LogP contribution in [0, 0.1) is 5.92 Å². The number of quaternary nitrogens is 1. The fourth-order valence-corrected chi connectivity index (χ4v) is 2.75. The standard InChI is InChI=1S/C19H31N3O2/c1-6-7-15-8-10-16(11-9-15)19(14(2)3)21-12-18(24)22(5)13-17(23)20-4/h8-11,14,19,21H,6-7,12-13H2,1-5H3,(H,20,23)/p+1/t19-/m0/s1. The highest BCUT2D eigenvalue weighted by molar-refractivity contribution is 5.84. The molecular weight excluding hydrogens is 302 g/mol. The van der Waals surface area contributed by atoms with Gasteiger partial charge in [-0.05, 0) is 12.0 Å². The molecule has 0 unspecified atom stereocenters. The van der Waals surface area contributed by atoms with E-state index in [1.54, 1.807) is 14.1 Å². The molecule has 0 aliphatic carbocycles. The maximum absolute atomic E-state index is 12.2.